The van der Waals surface area contributed by atoms with E-state index in [0.29, 0.717) is 13.1 Å². The highest BCUT2D eigenvalue weighted by Crippen LogP contribution is 2.39. The van der Waals surface area contributed by atoms with E-state index in [-0.39, 0.29) is 35.2 Å². The van der Waals surface area contributed by atoms with Crippen molar-refractivity contribution >= 4 is 29.3 Å². The molecular formula is C20H23FN4O4. The van der Waals surface area contributed by atoms with Gasteiger partial charge in [-0.15, -0.1) is 0 Å². The van der Waals surface area contributed by atoms with Gasteiger partial charge in [-0.2, -0.15) is 0 Å². The van der Waals surface area contributed by atoms with E-state index in [1.54, 1.807) is 4.90 Å². The zero-order chi connectivity index (χ0) is 21.1. The molecule has 2 atom stereocenters. The SMILES string of the molecule is CN(C)C1(C)CCN(c2c(F)ccc3c2C(=O)N(C2CCC(=O)NC2=O)C3=O)C1. The summed E-state index contributed by atoms with van der Waals surface area (Å²) in [6.07, 6.45) is 0.886. The van der Waals surface area contributed by atoms with Gasteiger partial charge >= 0.3 is 0 Å². The summed E-state index contributed by atoms with van der Waals surface area (Å²) in [4.78, 5) is 54.5. The monoisotopic (exact) mass is 402 g/mol. The second kappa shape index (κ2) is 6.62. The summed E-state index contributed by atoms with van der Waals surface area (Å²) in [5.74, 6) is -3.01. The van der Waals surface area contributed by atoms with Gasteiger partial charge in [0.25, 0.3) is 11.8 Å². The number of anilines is 1. The zero-order valence-corrected chi connectivity index (χ0v) is 16.6. The van der Waals surface area contributed by atoms with Crippen LogP contribution >= 0.6 is 0 Å². The number of halogens is 1. The number of amides is 4. The lowest BCUT2D eigenvalue weighted by Gasteiger charge is -2.33. The van der Waals surface area contributed by atoms with Crippen molar-refractivity contribution in [3.8, 4) is 0 Å². The maximum atomic E-state index is 14.9. The second-order valence-electron chi connectivity index (χ2n) is 8.33. The van der Waals surface area contributed by atoms with Gasteiger partial charge in [-0.05, 0) is 46.0 Å². The molecule has 2 saturated heterocycles. The van der Waals surface area contributed by atoms with Crippen LogP contribution in [0.5, 0.6) is 0 Å². The minimum absolute atomic E-state index is 0.00251. The van der Waals surface area contributed by atoms with Crippen LogP contribution in [0.15, 0.2) is 12.1 Å². The summed E-state index contributed by atoms with van der Waals surface area (Å²) in [6.45, 7) is 3.12. The molecule has 1 aromatic rings. The molecule has 3 aliphatic heterocycles. The number of benzene rings is 1. The van der Waals surface area contributed by atoms with Crippen LogP contribution in [0.25, 0.3) is 0 Å². The number of nitrogens with one attached hydrogen (secondary N) is 1. The zero-order valence-electron chi connectivity index (χ0n) is 16.6. The van der Waals surface area contributed by atoms with Crippen LogP contribution in [-0.4, -0.2) is 72.2 Å². The van der Waals surface area contributed by atoms with Crippen LogP contribution < -0.4 is 10.2 Å². The third-order valence-corrected chi connectivity index (χ3v) is 6.38. The molecule has 29 heavy (non-hydrogen) atoms. The predicted octanol–water partition coefficient (Wildman–Crippen LogP) is 0.757. The number of hydrogen-bond acceptors (Lipinski definition) is 6. The van der Waals surface area contributed by atoms with Gasteiger partial charge in [0.1, 0.15) is 11.9 Å². The number of carbonyl (C=O) groups excluding carboxylic acids is 4. The first-order chi connectivity index (χ1) is 13.6. The van der Waals surface area contributed by atoms with Gasteiger partial charge < -0.3 is 9.80 Å². The Hall–Kier alpha value is -2.81. The van der Waals surface area contributed by atoms with Crippen LogP contribution in [0.3, 0.4) is 0 Å². The lowest BCUT2D eigenvalue weighted by molar-refractivity contribution is -0.136. The fourth-order valence-electron chi connectivity index (χ4n) is 4.32. The Morgan fingerprint density at radius 1 is 1.17 bits per heavy atom. The van der Waals surface area contributed by atoms with E-state index in [0.717, 1.165) is 11.3 Å². The van der Waals surface area contributed by atoms with E-state index in [1.165, 1.54) is 12.1 Å². The van der Waals surface area contributed by atoms with Crippen molar-refractivity contribution in [2.45, 2.75) is 37.8 Å². The Kier molecular flexibility index (Phi) is 4.45. The average molecular weight is 402 g/mol. The van der Waals surface area contributed by atoms with Crippen LogP contribution in [0, 0.1) is 5.82 Å². The smallest absolute Gasteiger partial charge is 0.264 e. The highest BCUT2D eigenvalue weighted by Gasteiger charge is 2.48. The molecule has 0 radical (unpaired) electrons. The fourth-order valence-corrected chi connectivity index (χ4v) is 4.32. The topological polar surface area (TPSA) is 90.0 Å². The lowest BCUT2D eigenvalue weighted by Crippen LogP contribution is -2.54. The molecule has 154 valence electrons. The molecule has 0 aromatic heterocycles. The third-order valence-electron chi connectivity index (χ3n) is 6.38. The molecule has 0 aliphatic carbocycles. The molecule has 1 N–H and O–H groups in total. The molecule has 9 heteroatoms. The summed E-state index contributed by atoms with van der Waals surface area (Å²) >= 11 is 0. The fraction of sp³-hybridized carbons (Fsp3) is 0.500. The molecule has 4 rings (SSSR count). The van der Waals surface area contributed by atoms with E-state index in [2.05, 4.69) is 17.1 Å². The molecule has 0 spiro atoms. The maximum absolute atomic E-state index is 14.9. The number of piperidine rings is 1. The number of rotatable bonds is 3. The number of fused-ring (bicyclic) bond motifs is 1. The normalized spacial score (nSPS) is 27.1. The summed E-state index contributed by atoms with van der Waals surface area (Å²) in [5.41, 5.74) is 0.0166. The third kappa shape index (κ3) is 2.91. The molecule has 3 heterocycles. The summed E-state index contributed by atoms with van der Waals surface area (Å²) in [6, 6.07) is 1.42. The first-order valence-corrected chi connectivity index (χ1v) is 9.60. The predicted molar refractivity (Wildman–Crippen MR) is 102 cm³/mol. The van der Waals surface area contributed by atoms with Gasteiger partial charge in [0.15, 0.2) is 0 Å². The second-order valence-corrected chi connectivity index (χ2v) is 8.33. The van der Waals surface area contributed by atoms with Crippen LogP contribution in [-0.2, 0) is 9.59 Å². The molecule has 2 fully saturated rings. The van der Waals surface area contributed by atoms with Crippen LogP contribution in [0.4, 0.5) is 10.1 Å². The van der Waals surface area contributed by atoms with Gasteiger partial charge in [-0.25, -0.2) is 4.39 Å². The van der Waals surface area contributed by atoms with E-state index in [4.69, 9.17) is 0 Å². The van der Waals surface area contributed by atoms with Gasteiger partial charge in [0.2, 0.25) is 11.8 Å². The molecule has 8 nitrogen and oxygen atoms in total. The number of hydrogen-bond donors (Lipinski definition) is 1. The van der Waals surface area contributed by atoms with E-state index in [1.807, 2.05) is 14.1 Å². The average Bonchev–Trinajstić information content (AvgIpc) is 3.16. The molecule has 1 aromatic carbocycles. The Labute approximate surface area is 167 Å². The molecule has 0 saturated carbocycles. The van der Waals surface area contributed by atoms with Gasteiger partial charge in [-0.3, -0.25) is 29.4 Å². The minimum atomic E-state index is -1.07. The highest BCUT2D eigenvalue weighted by molar-refractivity contribution is 6.25. The maximum Gasteiger partial charge on any atom is 0.264 e. The summed E-state index contributed by atoms with van der Waals surface area (Å²) in [7, 11) is 3.91. The van der Waals surface area contributed by atoms with Crippen molar-refractivity contribution in [1.82, 2.24) is 15.1 Å². The van der Waals surface area contributed by atoms with E-state index in [9.17, 15) is 23.6 Å². The van der Waals surface area contributed by atoms with Crippen molar-refractivity contribution < 1.29 is 23.6 Å². The van der Waals surface area contributed by atoms with Crippen molar-refractivity contribution in [3.05, 3.63) is 29.1 Å². The molecule has 4 amide bonds. The van der Waals surface area contributed by atoms with E-state index >= 15 is 0 Å². The van der Waals surface area contributed by atoms with Gasteiger partial charge in [0, 0.05) is 25.0 Å². The van der Waals surface area contributed by atoms with Crippen molar-refractivity contribution in [2.24, 2.45) is 0 Å². The van der Waals surface area contributed by atoms with Crippen molar-refractivity contribution in [2.75, 3.05) is 32.1 Å². The molecule has 0 bridgehead atoms. The first kappa shape index (κ1) is 19.5. The standard InChI is InChI=1S/C20H23FN4O4/c1-20(23(2)3)8-9-24(10-20)16-12(21)5-4-11-15(16)19(29)25(18(11)28)13-6-7-14(26)22-17(13)27/h4-5,13H,6-10H2,1-3H3,(H,22,26,27). The Morgan fingerprint density at radius 3 is 2.52 bits per heavy atom. The Balaban J connectivity index is 1.72. The largest absolute Gasteiger partial charge is 0.367 e. The number of imide groups is 2. The Bertz CT molecular complexity index is 947. The van der Waals surface area contributed by atoms with Crippen molar-refractivity contribution in [3.63, 3.8) is 0 Å². The van der Waals surface area contributed by atoms with Crippen LogP contribution in [0.2, 0.25) is 0 Å². The minimum Gasteiger partial charge on any atom is -0.367 e. The molecular weight excluding hydrogens is 379 g/mol. The molecule has 3 aliphatic rings. The quantitative estimate of drug-likeness (QED) is 0.751. The highest BCUT2D eigenvalue weighted by atomic mass is 19.1. The van der Waals surface area contributed by atoms with Crippen LogP contribution in [0.1, 0.15) is 46.9 Å². The number of likely N-dealkylation sites (N-methyl/N-ethyl adjacent to an activating group) is 1. The summed E-state index contributed by atoms with van der Waals surface area (Å²) in [5, 5.41) is 2.16. The first-order valence-electron chi connectivity index (χ1n) is 9.60. The summed E-state index contributed by atoms with van der Waals surface area (Å²) < 4.78 is 14.9. The molecule has 2 unspecified atom stereocenters. The number of nitrogens with zero attached hydrogens (tertiary/aromatic N) is 3. The van der Waals surface area contributed by atoms with Gasteiger partial charge in [0.05, 0.1) is 16.8 Å². The Morgan fingerprint density at radius 2 is 1.90 bits per heavy atom. The lowest BCUT2D eigenvalue weighted by atomic mass is 10.0. The van der Waals surface area contributed by atoms with Crippen molar-refractivity contribution in [1.29, 1.82) is 0 Å². The number of carbonyl (C=O) groups is 4. The van der Waals surface area contributed by atoms with E-state index < -0.39 is 35.5 Å². The van der Waals surface area contributed by atoms with Gasteiger partial charge in [-0.1, -0.05) is 0 Å².